The number of imidazole rings is 1. The Morgan fingerprint density at radius 3 is 2.47 bits per heavy atom. The molecule has 1 heterocycles. The highest BCUT2D eigenvalue weighted by molar-refractivity contribution is 7.99. The van der Waals surface area contributed by atoms with Crippen LogP contribution in [-0.2, 0) is 12.3 Å². The van der Waals surface area contributed by atoms with Gasteiger partial charge in [0.1, 0.15) is 12.4 Å². The standard InChI is InChI=1S/C19H17Cl3N2OS.HNO3/c20-15-3-1-14(2-4-15)12-26-17(10-24-8-7-23-13-24)11-25-16-5-6-18(21)19(22)9-16;2-1(3)4/h1-9,13,17H,10-12H2;(H,2,3,4). The molecule has 3 aromatic rings. The van der Waals surface area contributed by atoms with Crippen LogP contribution in [0.4, 0.5) is 0 Å². The first-order valence-corrected chi connectivity index (χ1v) is 10.7. The summed E-state index contributed by atoms with van der Waals surface area (Å²) in [4.78, 5) is 12.5. The molecule has 0 spiro atoms. The van der Waals surface area contributed by atoms with Crippen LogP contribution in [0, 0.1) is 10.1 Å². The van der Waals surface area contributed by atoms with E-state index in [-0.39, 0.29) is 5.25 Å². The minimum absolute atomic E-state index is 0.245. The van der Waals surface area contributed by atoms with E-state index in [1.54, 1.807) is 18.3 Å². The van der Waals surface area contributed by atoms with Crippen LogP contribution in [-0.4, -0.2) is 31.7 Å². The van der Waals surface area contributed by atoms with Gasteiger partial charge in [-0.3, -0.25) is 0 Å². The van der Waals surface area contributed by atoms with Gasteiger partial charge < -0.3 is 14.5 Å². The maximum Gasteiger partial charge on any atom is 0.291 e. The van der Waals surface area contributed by atoms with Gasteiger partial charge in [0.2, 0.25) is 0 Å². The van der Waals surface area contributed by atoms with Crippen molar-refractivity contribution in [1.82, 2.24) is 9.55 Å². The highest BCUT2D eigenvalue weighted by Gasteiger charge is 2.13. The minimum atomic E-state index is -1.50. The molecule has 0 aliphatic carbocycles. The van der Waals surface area contributed by atoms with Crippen molar-refractivity contribution in [1.29, 1.82) is 0 Å². The van der Waals surface area contributed by atoms with Gasteiger partial charge in [0.15, 0.2) is 0 Å². The summed E-state index contributed by atoms with van der Waals surface area (Å²) in [5.74, 6) is 1.59. The van der Waals surface area contributed by atoms with Crippen LogP contribution in [0.5, 0.6) is 5.75 Å². The molecule has 0 saturated carbocycles. The van der Waals surface area contributed by atoms with Crippen LogP contribution in [0.2, 0.25) is 15.1 Å². The van der Waals surface area contributed by atoms with E-state index in [0.29, 0.717) is 22.4 Å². The Bertz CT molecular complexity index is 923. The van der Waals surface area contributed by atoms with Crippen LogP contribution in [0.1, 0.15) is 5.56 Å². The molecule has 1 atom stereocenters. The zero-order valence-electron chi connectivity index (χ0n) is 15.5. The van der Waals surface area contributed by atoms with Crippen LogP contribution in [0.25, 0.3) is 0 Å². The lowest BCUT2D eigenvalue weighted by Gasteiger charge is -2.18. The first kappa shape index (κ1) is 24.1. The molecule has 1 aromatic heterocycles. The number of halogens is 3. The molecule has 160 valence electrons. The monoisotopic (exact) mass is 489 g/mol. The Morgan fingerprint density at radius 1 is 1.17 bits per heavy atom. The lowest BCUT2D eigenvalue weighted by atomic mass is 10.2. The van der Waals surface area contributed by atoms with Gasteiger partial charge in [-0.15, -0.1) is 21.9 Å². The van der Waals surface area contributed by atoms with Gasteiger partial charge in [-0.2, -0.15) is 0 Å². The fraction of sp³-hybridized carbons (Fsp3) is 0.211. The third-order valence-electron chi connectivity index (χ3n) is 3.70. The van der Waals surface area contributed by atoms with Crippen LogP contribution < -0.4 is 4.74 Å². The molecule has 1 N–H and O–H groups in total. The molecule has 0 aliphatic heterocycles. The number of hydrogen-bond donors (Lipinski definition) is 1. The molecule has 0 aliphatic rings. The summed E-state index contributed by atoms with van der Waals surface area (Å²) in [6, 6.07) is 13.2. The van der Waals surface area contributed by atoms with E-state index in [2.05, 4.69) is 9.55 Å². The Labute approximate surface area is 192 Å². The fourth-order valence-corrected chi connectivity index (χ4v) is 3.81. The van der Waals surface area contributed by atoms with Crippen molar-refractivity contribution < 1.29 is 15.0 Å². The van der Waals surface area contributed by atoms with Crippen LogP contribution in [0.15, 0.2) is 61.2 Å². The van der Waals surface area contributed by atoms with Gasteiger partial charge in [-0.05, 0) is 29.8 Å². The lowest BCUT2D eigenvalue weighted by molar-refractivity contribution is -0.742. The lowest BCUT2D eigenvalue weighted by Crippen LogP contribution is -2.20. The SMILES string of the molecule is Clc1ccc(CSC(COc2ccc(Cl)c(Cl)c2)Cn2ccnc2)cc1.O=[N+]([O-])O. The van der Waals surface area contributed by atoms with Gasteiger partial charge in [0.05, 0.1) is 21.6 Å². The summed E-state index contributed by atoms with van der Waals surface area (Å²) in [5.41, 5.74) is 1.23. The number of rotatable bonds is 8. The second kappa shape index (κ2) is 12.5. The molecule has 0 fully saturated rings. The van der Waals surface area contributed by atoms with Crippen molar-refractivity contribution in [2.45, 2.75) is 17.5 Å². The second-order valence-electron chi connectivity index (χ2n) is 5.94. The van der Waals surface area contributed by atoms with E-state index < -0.39 is 5.09 Å². The molecule has 2 aromatic carbocycles. The van der Waals surface area contributed by atoms with Gasteiger partial charge in [0.25, 0.3) is 5.09 Å². The van der Waals surface area contributed by atoms with E-state index in [0.717, 1.165) is 17.3 Å². The zero-order chi connectivity index (χ0) is 21.9. The van der Waals surface area contributed by atoms with Gasteiger partial charge >= 0.3 is 0 Å². The van der Waals surface area contributed by atoms with Crippen LogP contribution >= 0.6 is 46.6 Å². The van der Waals surface area contributed by atoms with E-state index in [1.807, 2.05) is 54.6 Å². The molecule has 1 unspecified atom stereocenters. The Morgan fingerprint density at radius 2 is 1.87 bits per heavy atom. The van der Waals surface area contributed by atoms with E-state index >= 15 is 0 Å². The van der Waals surface area contributed by atoms with Crippen molar-refractivity contribution in [3.05, 3.63) is 91.9 Å². The maximum atomic E-state index is 8.36. The number of ether oxygens (including phenoxy) is 1. The molecule has 11 heteroatoms. The summed E-state index contributed by atoms with van der Waals surface area (Å²) in [6.45, 7) is 1.36. The molecular formula is C19H18Cl3N3O4S. The Balaban J connectivity index is 0.000000735. The molecule has 0 radical (unpaired) electrons. The van der Waals surface area contributed by atoms with Crippen LogP contribution in [0.3, 0.4) is 0 Å². The Kier molecular flexibility index (Phi) is 10.1. The molecule has 0 amide bonds. The number of aromatic nitrogens is 2. The first-order valence-electron chi connectivity index (χ1n) is 8.56. The summed E-state index contributed by atoms with van der Waals surface area (Å²) in [5, 5.41) is 15.6. The van der Waals surface area contributed by atoms with Crippen molar-refractivity contribution >= 4 is 46.6 Å². The predicted octanol–water partition coefficient (Wildman–Crippen LogP) is 5.88. The van der Waals surface area contributed by atoms with Crippen molar-refractivity contribution in [3.8, 4) is 5.75 Å². The highest BCUT2D eigenvalue weighted by atomic mass is 35.5. The number of nitrogens with zero attached hydrogens (tertiary/aromatic N) is 3. The van der Waals surface area contributed by atoms with E-state index in [4.69, 9.17) is 54.9 Å². The topological polar surface area (TPSA) is 90.4 Å². The molecule has 0 bridgehead atoms. The second-order valence-corrected chi connectivity index (χ2v) is 8.48. The summed E-state index contributed by atoms with van der Waals surface area (Å²) < 4.78 is 7.99. The molecule has 0 saturated heterocycles. The average molecular weight is 491 g/mol. The molecule has 30 heavy (non-hydrogen) atoms. The van der Waals surface area contributed by atoms with E-state index in [9.17, 15) is 0 Å². The molecule has 7 nitrogen and oxygen atoms in total. The minimum Gasteiger partial charge on any atom is -0.492 e. The van der Waals surface area contributed by atoms with Crippen molar-refractivity contribution in [2.24, 2.45) is 0 Å². The zero-order valence-corrected chi connectivity index (χ0v) is 18.6. The van der Waals surface area contributed by atoms with Gasteiger partial charge in [0, 0.05) is 35.8 Å². The summed E-state index contributed by atoms with van der Waals surface area (Å²) in [7, 11) is 0. The fourth-order valence-electron chi connectivity index (χ4n) is 2.33. The highest BCUT2D eigenvalue weighted by Crippen LogP contribution is 2.27. The number of hydrogen-bond acceptors (Lipinski definition) is 5. The third-order valence-corrected chi connectivity index (χ3v) is 5.95. The third kappa shape index (κ3) is 9.13. The summed E-state index contributed by atoms with van der Waals surface area (Å²) in [6.07, 6.45) is 5.55. The summed E-state index contributed by atoms with van der Waals surface area (Å²) >= 11 is 19.8. The first-order chi connectivity index (χ1) is 14.3. The largest absolute Gasteiger partial charge is 0.492 e. The number of benzene rings is 2. The molecular weight excluding hydrogens is 473 g/mol. The average Bonchev–Trinajstić information content (AvgIpc) is 3.20. The maximum absolute atomic E-state index is 8.36. The predicted molar refractivity (Wildman–Crippen MR) is 119 cm³/mol. The van der Waals surface area contributed by atoms with E-state index in [1.165, 1.54) is 5.56 Å². The van der Waals surface area contributed by atoms with Crippen molar-refractivity contribution in [3.63, 3.8) is 0 Å². The normalized spacial score (nSPS) is 11.3. The Hall–Kier alpha value is -2.13. The quantitative estimate of drug-likeness (QED) is 0.313. The molecule has 3 rings (SSSR count). The van der Waals surface area contributed by atoms with Gasteiger partial charge in [-0.25, -0.2) is 4.98 Å². The number of thioether (sulfide) groups is 1. The van der Waals surface area contributed by atoms with Crippen molar-refractivity contribution in [2.75, 3.05) is 6.61 Å². The van der Waals surface area contributed by atoms with Gasteiger partial charge in [-0.1, -0.05) is 46.9 Å². The smallest absolute Gasteiger partial charge is 0.291 e.